The van der Waals surface area contributed by atoms with Crippen LogP contribution in [-0.4, -0.2) is 13.6 Å². The zero-order valence-electron chi connectivity index (χ0n) is 9.86. The fourth-order valence-corrected chi connectivity index (χ4v) is 1.81. The monoisotopic (exact) mass is 209 g/mol. The average molecular weight is 209 g/mol. The second-order valence-corrected chi connectivity index (χ2v) is 4.10. The van der Waals surface area contributed by atoms with E-state index in [9.17, 15) is 4.39 Å². The smallest absolute Gasteiger partial charge is 0.129 e. The van der Waals surface area contributed by atoms with Crippen molar-refractivity contribution in [2.75, 3.05) is 13.6 Å². The minimum absolute atomic E-state index is 0.0611. The SMILES string of the molecule is CNCCCCc1cc(C)c(F)c(C)c1. The van der Waals surface area contributed by atoms with Crippen molar-refractivity contribution in [3.63, 3.8) is 0 Å². The van der Waals surface area contributed by atoms with E-state index in [0.717, 1.165) is 30.5 Å². The van der Waals surface area contributed by atoms with Crippen molar-refractivity contribution in [3.05, 3.63) is 34.6 Å². The zero-order chi connectivity index (χ0) is 11.3. The van der Waals surface area contributed by atoms with Gasteiger partial charge in [0, 0.05) is 0 Å². The normalized spacial score (nSPS) is 10.7. The van der Waals surface area contributed by atoms with Crippen molar-refractivity contribution in [2.45, 2.75) is 33.1 Å². The fraction of sp³-hybridized carbons (Fsp3) is 0.538. The zero-order valence-corrected chi connectivity index (χ0v) is 9.86. The van der Waals surface area contributed by atoms with Crippen molar-refractivity contribution in [3.8, 4) is 0 Å². The molecule has 0 spiro atoms. The van der Waals surface area contributed by atoms with Crippen molar-refractivity contribution >= 4 is 0 Å². The van der Waals surface area contributed by atoms with Gasteiger partial charge in [0.15, 0.2) is 0 Å². The Morgan fingerprint density at radius 2 is 1.73 bits per heavy atom. The van der Waals surface area contributed by atoms with Gasteiger partial charge in [0.1, 0.15) is 5.82 Å². The molecule has 1 N–H and O–H groups in total. The van der Waals surface area contributed by atoms with Gasteiger partial charge in [-0.25, -0.2) is 4.39 Å². The number of unbranched alkanes of at least 4 members (excludes halogenated alkanes) is 1. The first-order valence-electron chi connectivity index (χ1n) is 5.55. The molecule has 0 heterocycles. The van der Waals surface area contributed by atoms with E-state index in [1.807, 2.05) is 33.0 Å². The van der Waals surface area contributed by atoms with E-state index in [1.54, 1.807) is 0 Å². The van der Waals surface area contributed by atoms with Crippen LogP contribution in [-0.2, 0) is 6.42 Å². The van der Waals surface area contributed by atoms with Crippen LogP contribution in [0.5, 0.6) is 0 Å². The Kier molecular flexibility index (Phi) is 4.76. The topological polar surface area (TPSA) is 12.0 Å². The third kappa shape index (κ3) is 3.63. The molecule has 0 unspecified atom stereocenters. The lowest BCUT2D eigenvalue weighted by Crippen LogP contribution is -2.07. The van der Waals surface area contributed by atoms with Crippen LogP contribution >= 0.6 is 0 Å². The molecule has 0 radical (unpaired) electrons. The minimum atomic E-state index is -0.0611. The number of hydrogen-bond donors (Lipinski definition) is 1. The largest absolute Gasteiger partial charge is 0.320 e. The van der Waals surface area contributed by atoms with Crippen molar-refractivity contribution in [2.24, 2.45) is 0 Å². The Hall–Kier alpha value is -0.890. The van der Waals surface area contributed by atoms with Crippen LogP contribution in [0.2, 0.25) is 0 Å². The minimum Gasteiger partial charge on any atom is -0.320 e. The molecule has 0 bridgehead atoms. The molecule has 0 amide bonds. The van der Waals surface area contributed by atoms with E-state index in [0.29, 0.717) is 0 Å². The van der Waals surface area contributed by atoms with Gasteiger partial charge in [0.2, 0.25) is 0 Å². The summed E-state index contributed by atoms with van der Waals surface area (Å²) in [7, 11) is 1.96. The number of hydrogen-bond acceptors (Lipinski definition) is 1. The Bertz CT molecular complexity index is 297. The predicted molar refractivity (Wildman–Crippen MR) is 62.7 cm³/mol. The molecule has 0 saturated heterocycles. The van der Waals surface area contributed by atoms with Gasteiger partial charge in [0.25, 0.3) is 0 Å². The lowest BCUT2D eigenvalue weighted by Gasteiger charge is -2.06. The van der Waals surface area contributed by atoms with Gasteiger partial charge in [0.05, 0.1) is 0 Å². The molecule has 0 atom stereocenters. The van der Waals surface area contributed by atoms with E-state index in [4.69, 9.17) is 0 Å². The number of nitrogens with one attached hydrogen (secondary N) is 1. The standard InChI is InChI=1S/C13H20FN/c1-10-8-12(6-4-5-7-15-3)9-11(2)13(10)14/h8-9,15H,4-7H2,1-3H3. The summed E-state index contributed by atoms with van der Waals surface area (Å²) in [5.41, 5.74) is 2.78. The molecule has 15 heavy (non-hydrogen) atoms. The second kappa shape index (κ2) is 5.86. The molecular formula is C13H20FN. The predicted octanol–water partition coefficient (Wildman–Crippen LogP) is 2.98. The molecule has 0 fully saturated rings. The highest BCUT2D eigenvalue weighted by molar-refractivity contribution is 5.30. The molecule has 1 aromatic rings. The number of benzene rings is 1. The maximum Gasteiger partial charge on any atom is 0.129 e. The molecule has 1 rings (SSSR count). The van der Waals surface area contributed by atoms with Gasteiger partial charge in [-0.05, 0) is 63.4 Å². The van der Waals surface area contributed by atoms with Gasteiger partial charge in [-0.2, -0.15) is 0 Å². The first-order valence-corrected chi connectivity index (χ1v) is 5.55. The summed E-state index contributed by atoms with van der Waals surface area (Å²) in [4.78, 5) is 0. The summed E-state index contributed by atoms with van der Waals surface area (Å²) in [5.74, 6) is -0.0611. The Morgan fingerprint density at radius 3 is 2.27 bits per heavy atom. The summed E-state index contributed by atoms with van der Waals surface area (Å²) >= 11 is 0. The van der Waals surface area contributed by atoms with Crippen LogP contribution in [0.3, 0.4) is 0 Å². The molecule has 84 valence electrons. The quantitative estimate of drug-likeness (QED) is 0.735. The van der Waals surface area contributed by atoms with Crippen LogP contribution in [0.4, 0.5) is 4.39 Å². The molecule has 1 aromatic carbocycles. The molecule has 1 nitrogen and oxygen atoms in total. The molecule has 0 saturated carbocycles. The molecular weight excluding hydrogens is 189 g/mol. The van der Waals surface area contributed by atoms with E-state index >= 15 is 0 Å². The van der Waals surface area contributed by atoms with E-state index in [2.05, 4.69) is 5.32 Å². The van der Waals surface area contributed by atoms with E-state index in [1.165, 1.54) is 12.0 Å². The number of rotatable bonds is 5. The third-order valence-corrected chi connectivity index (χ3v) is 2.64. The summed E-state index contributed by atoms with van der Waals surface area (Å²) in [6.45, 7) is 4.72. The molecule has 0 aliphatic heterocycles. The highest BCUT2D eigenvalue weighted by atomic mass is 19.1. The first kappa shape index (κ1) is 12.2. The average Bonchev–Trinajstić information content (AvgIpc) is 2.21. The lowest BCUT2D eigenvalue weighted by molar-refractivity contribution is 0.607. The molecule has 2 heteroatoms. The van der Waals surface area contributed by atoms with Crippen LogP contribution < -0.4 is 5.32 Å². The van der Waals surface area contributed by atoms with Crippen LogP contribution in [0, 0.1) is 19.7 Å². The molecule has 0 aliphatic rings. The Morgan fingerprint density at radius 1 is 1.13 bits per heavy atom. The fourth-order valence-electron chi connectivity index (χ4n) is 1.81. The van der Waals surface area contributed by atoms with Crippen molar-refractivity contribution < 1.29 is 4.39 Å². The highest BCUT2D eigenvalue weighted by Gasteiger charge is 2.03. The van der Waals surface area contributed by atoms with Crippen LogP contribution in [0.1, 0.15) is 29.5 Å². The van der Waals surface area contributed by atoms with E-state index in [-0.39, 0.29) is 5.82 Å². The maximum absolute atomic E-state index is 13.3. The van der Waals surface area contributed by atoms with Crippen LogP contribution in [0.25, 0.3) is 0 Å². The molecule has 0 aliphatic carbocycles. The summed E-state index contributed by atoms with van der Waals surface area (Å²) in [6, 6.07) is 3.92. The van der Waals surface area contributed by atoms with Gasteiger partial charge in [-0.1, -0.05) is 12.1 Å². The Balaban J connectivity index is 2.55. The maximum atomic E-state index is 13.3. The summed E-state index contributed by atoms with van der Waals surface area (Å²) in [5, 5.41) is 3.13. The van der Waals surface area contributed by atoms with Gasteiger partial charge >= 0.3 is 0 Å². The Labute approximate surface area is 91.7 Å². The van der Waals surface area contributed by atoms with E-state index < -0.39 is 0 Å². The third-order valence-electron chi connectivity index (χ3n) is 2.64. The highest BCUT2D eigenvalue weighted by Crippen LogP contribution is 2.16. The van der Waals surface area contributed by atoms with Gasteiger partial charge in [-0.15, -0.1) is 0 Å². The second-order valence-electron chi connectivity index (χ2n) is 4.10. The van der Waals surface area contributed by atoms with Crippen LogP contribution in [0.15, 0.2) is 12.1 Å². The lowest BCUT2D eigenvalue weighted by atomic mass is 10.0. The summed E-state index contributed by atoms with van der Waals surface area (Å²) in [6.07, 6.45) is 3.38. The van der Waals surface area contributed by atoms with Gasteiger partial charge < -0.3 is 5.32 Å². The van der Waals surface area contributed by atoms with Gasteiger partial charge in [-0.3, -0.25) is 0 Å². The number of halogens is 1. The first-order chi connectivity index (χ1) is 7.15. The van der Waals surface area contributed by atoms with Crippen molar-refractivity contribution in [1.29, 1.82) is 0 Å². The molecule has 0 aromatic heterocycles. The number of aryl methyl sites for hydroxylation is 3. The summed E-state index contributed by atoms with van der Waals surface area (Å²) < 4.78 is 13.3. The van der Waals surface area contributed by atoms with Crippen molar-refractivity contribution in [1.82, 2.24) is 5.32 Å².